The van der Waals surface area contributed by atoms with Crippen LogP contribution in [0.25, 0.3) is 0 Å². The van der Waals surface area contributed by atoms with Crippen molar-refractivity contribution < 1.29 is 28.7 Å². The summed E-state index contributed by atoms with van der Waals surface area (Å²) in [4.78, 5) is 47.7. The normalized spacial score (nSPS) is 18.9. The summed E-state index contributed by atoms with van der Waals surface area (Å²) in [6.45, 7) is 6.34. The van der Waals surface area contributed by atoms with Crippen LogP contribution in [0.5, 0.6) is 0 Å². The van der Waals surface area contributed by atoms with Gasteiger partial charge in [0.25, 0.3) is 5.78 Å². The molecule has 20 heavy (non-hydrogen) atoms. The monoisotopic (exact) mass is 285 g/mol. The molecule has 0 spiro atoms. The third-order valence-corrected chi connectivity index (χ3v) is 2.58. The van der Waals surface area contributed by atoms with Gasteiger partial charge in [0.05, 0.1) is 13.2 Å². The molecule has 1 saturated heterocycles. The smallest absolute Gasteiger partial charge is 0.410 e. The lowest BCUT2D eigenvalue weighted by atomic mass is 10.0. The van der Waals surface area contributed by atoms with Crippen molar-refractivity contribution in [3.63, 3.8) is 0 Å². The molecule has 0 aromatic rings. The van der Waals surface area contributed by atoms with Crippen LogP contribution in [-0.2, 0) is 23.9 Å². The fourth-order valence-corrected chi connectivity index (χ4v) is 1.72. The van der Waals surface area contributed by atoms with E-state index in [1.807, 2.05) is 0 Å². The van der Waals surface area contributed by atoms with Crippen LogP contribution in [0.2, 0.25) is 0 Å². The van der Waals surface area contributed by atoms with Gasteiger partial charge in [-0.05, 0) is 27.7 Å². The average Bonchev–Trinajstić information content (AvgIpc) is 2.68. The van der Waals surface area contributed by atoms with E-state index in [2.05, 4.69) is 4.74 Å². The van der Waals surface area contributed by atoms with Crippen molar-refractivity contribution in [3.05, 3.63) is 0 Å². The second-order valence-corrected chi connectivity index (χ2v) is 5.46. The lowest BCUT2D eigenvalue weighted by Crippen LogP contribution is -2.36. The quantitative estimate of drug-likeness (QED) is 0.427. The molecule has 1 atom stereocenters. The molecule has 7 nitrogen and oxygen atoms in total. The zero-order valence-corrected chi connectivity index (χ0v) is 12.1. The van der Waals surface area contributed by atoms with Crippen molar-refractivity contribution in [3.8, 4) is 0 Å². The Hall–Kier alpha value is -1.92. The van der Waals surface area contributed by atoms with Crippen molar-refractivity contribution in [1.82, 2.24) is 4.90 Å². The highest BCUT2D eigenvalue weighted by atomic mass is 16.6. The predicted molar refractivity (Wildman–Crippen MR) is 67.9 cm³/mol. The molecule has 7 heteroatoms. The molecule has 0 aromatic carbocycles. The second-order valence-electron chi connectivity index (χ2n) is 5.46. The lowest BCUT2D eigenvalue weighted by molar-refractivity contribution is -0.156. The molecule has 0 radical (unpaired) electrons. The highest BCUT2D eigenvalue weighted by Gasteiger charge is 2.42. The molecule has 0 saturated carbocycles. The Morgan fingerprint density at radius 3 is 2.40 bits per heavy atom. The van der Waals surface area contributed by atoms with Gasteiger partial charge in [-0.25, -0.2) is 9.59 Å². The Balaban J connectivity index is 2.68. The van der Waals surface area contributed by atoms with Crippen LogP contribution in [0.15, 0.2) is 0 Å². The molecule has 1 aliphatic heterocycles. The minimum Gasteiger partial charge on any atom is -0.460 e. The molecule has 0 aliphatic carbocycles. The molecule has 1 heterocycles. The fourth-order valence-electron chi connectivity index (χ4n) is 1.72. The summed E-state index contributed by atoms with van der Waals surface area (Å²) in [7, 11) is 0. The van der Waals surface area contributed by atoms with Gasteiger partial charge in [-0.1, -0.05) is 0 Å². The van der Waals surface area contributed by atoms with E-state index in [1.54, 1.807) is 27.7 Å². The maximum Gasteiger partial charge on any atom is 0.410 e. The molecule has 1 amide bonds. The zero-order chi connectivity index (χ0) is 15.5. The number of Topliss-reactive ketones (excluding diaryl/α,β-unsaturated/α-hetero) is 2. The van der Waals surface area contributed by atoms with Crippen LogP contribution in [0, 0.1) is 5.92 Å². The minimum atomic E-state index is -1.15. The molecule has 1 unspecified atom stereocenters. The van der Waals surface area contributed by atoms with Gasteiger partial charge in [-0.3, -0.25) is 14.5 Å². The van der Waals surface area contributed by atoms with Crippen LogP contribution < -0.4 is 0 Å². The van der Waals surface area contributed by atoms with Gasteiger partial charge in [-0.2, -0.15) is 0 Å². The van der Waals surface area contributed by atoms with Crippen molar-refractivity contribution >= 4 is 23.6 Å². The van der Waals surface area contributed by atoms with E-state index in [1.165, 1.54) is 0 Å². The Bertz CT molecular complexity index is 437. The second kappa shape index (κ2) is 6.02. The van der Waals surface area contributed by atoms with Gasteiger partial charge in [0.1, 0.15) is 11.5 Å². The fraction of sp³-hybridized carbons (Fsp3) is 0.692. The van der Waals surface area contributed by atoms with E-state index in [9.17, 15) is 19.2 Å². The van der Waals surface area contributed by atoms with Crippen molar-refractivity contribution in [1.29, 1.82) is 0 Å². The van der Waals surface area contributed by atoms with Gasteiger partial charge in [-0.15, -0.1) is 0 Å². The third-order valence-electron chi connectivity index (χ3n) is 2.58. The van der Waals surface area contributed by atoms with Crippen LogP contribution in [0.1, 0.15) is 27.7 Å². The van der Waals surface area contributed by atoms with Crippen LogP contribution in [0.4, 0.5) is 4.79 Å². The number of carbonyl (C=O) groups excluding carboxylic acids is 4. The highest BCUT2D eigenvalue weighted by molar-refractivity contribution is 6.39. The number of hydrogen-bond donors (Lipinski definition) is 0. The number of ketones is 2. The van der Waals surface area contributed by atoms with E-state index in [0.29, 0.717) is 0 Å². The first-order valence-electron chi connectivity index (χ1n) is 6.37. The van der Waals surface area contributed by atoms with Gasteiger partial charge in [0.15, 0.2) is 5.78 Å². The molecular formula is C13H19NO6. The van der Waals surface area contributed by atoms with Gasteiger partial charge < -0.3 is 9.47 Å². The summed E-state index contributed by atoms with van der Waals surface area (Å²) < 4.78 is 9.68. The highest BCUT2D eigenvalue weighted by Crippen LogP contribution is 2.18. The van der Waals surface area contributed by atoms with Crippen molar-refractivity contribution in [2.75, 3.05) is 19.7 Å². The Labute approximate surface area is 117 Å². The summed E-state index contributed by atoms with van der Waals surface area (Å²) >= 11 is 0. The summed E-state index contributed by atoms with van der Waals surface area (Å²) in [5, 5.41) is 0. The number of rotatable bonds is 3. The van der Waals surface area contributed by atoms with E-state index < -0.39 is 35.1 Å². The number of likely N-dealkylation sites (tertiary alicyclic amines) is 1. The number of hydrogen-bond acceptors (Lipinski definition) is 6. The summed E-state index contributed by atoms with van der Waals surface area (Å²) in [5.41, 5.74) is -0.691. The Kier molecular flexibility index (Phi) is 4.86. The van der Waals surface area contributed by atoms with E-state index in [-0.39, 0.29) is 19.7 Å². The number of amides is 1. The van der Waals surface area contributed by atoms with Gasteiger partial charge >= 0.3 is 12.1 Å². The summed E-state index contributed by atoms with van der Waals surface area (Å²) in [6, 6.07) is 0. The van der Waals surface area contributed by atoms with E-state index >= 15 is 0 Å². The molecule has 0 aromatic heterocycles. The molecule has 1 aliphatic rings. The minimum absolute atomic E-state index is 0.0568. The number of nitrogens with zero attached hydrogens (tertiary/aromatic N) is 1. The van der Waals surface area contributed by atoms with Gasteiger partial charge in [0.2, 0.25) is 0 Å². The lowest BCUT2D eigenvalue weighted by Gasteiger charge is -2.23. The first kappa shape index (κ1) is 16.1. The SMILES string of the molecule is CCOC(=O)C(=O)C1CN(C(=O)OC(C)(C)C)CC1=O. The first-order chi connectivity index (χ1) is 9.15. The molecule has 0 N–H and O–H groups in total. The zero-order valence-electron chi connectivity index (χ0n) is 12.1. The number of ether oxygens (including phenoxy) is 2. The predicted octanol–water partition coefficient (Wildman–Crippen LogP) is 0.555. The summed E-state index contributed by atoms with van der Waals surface area (Å²) in [5.74, 6) is -3.59. The topological polar surface area (TPSA) is 90.0 Å². The Morgan fingerprint density at radius 2 is 1.90 bits per heavy atom. The largest absolute Gasteiger partial charge is 0.460 e. The molecular weight excluding hydrogens is 266 g/mol. The number of esters is 1. The summed E-state index contributed by atoms with van der Waals surface area (Å²) in [6.07, 6.45) is -0.676. The molecule has 1 rings (SSSR count). The maximum absolute atomic E-state index is 11.8. The molecule has 0 bridgehead atoms. The van der Waals surface area contributed by atoms with Crippen molar-refractivity contribution in [2.45, 2.75) is 33.3 Å². The Morgan fingerprint density at radius 1 is 1.30 bits per heavy atom. The molecule has 112 valence electrons. The van der Waals surface area contributed by atoms with Crippen molar-refractivity contribution in [2.24, 2.45) is 5.92 Å². The van der Waals surface area contributed by atoms with Gasteiger partial charge in [0, 0.05) is 6.54 Å². The van der Waals surface area contributed by atoms with E-state index in [0.717, 1.165) is 4.90 Å². The maximum atomic E-state index is 11.8. The molecule has 1 fully saturated rings. The number of carbonyl (C=O) groups is 4. The van der Waals surface area contributed by atoms with Crippen LogP contribution in [-0.4, -0.2) is 53.8 Å². The standard InChI is InChI=1S/C13H19NO6/c1-5-19-11(17)10(16)8-6-14(7-9(8)15)12(18)20-13(2,3)4/h8H,5-7H2,1-4H3. The van der Waals surface area contributed by atoms with E-state index in [4.69, 9.17) is 4.74 Å². The first-order valence-corrected chi connectivity index (χ1v) is 6.37. The van der Waals surface area contributed by atoms with Crippen LogP contribution >= 0.6 is 0 Å². The average molecular weight is 285 g/mol. The van der Waals surface area contributed by atoms with Crippen LogP contribution in [0.3, 0.4) is 0 Å². The third kappa shape index (κ3) is 4.04.